The second-order valence-corrected chi connectivity index (χ2v) is 2.89. The third-order valence-electron chi connectivity index (χ3n) is 1.78. The number of rotatable bonds is 1. The van der Waals surface area contributed by atoms with Crippen LogP contribution in [0.5, 0.6) is 0 Å². The van der Waals surface area contributed by atoms with Gasteiger partial charge in [0.15, 0.2) is 0 Å². The number of carbonyl (C=O) groups excluding carboxylic acids is 1. The normalized spacial score (nSPS) is 19.3. The summed E-state index contributed by atoms with van der Waals surface area (Å²) in [4.78, 5) is 12.6. The maximum absolute atomic E-state index is 11.2. The van der Waals surface area contributed by atoms with E-state index in [0.717, 1.165) is 12.8 Å². The van der Waals surface area contributed by atoms with E-state index < -0.39 is 5.41 Å². The molecule has 0 unspecified atom stereocenters. The first-order valence-electron chi connectivity index (χ1n) is 3.25. The summed E-state index contributed by atoms with van der Waals surface area (Å²) in [5.74, 6) is -0.0463. The van der Waals surface area contributed by atoms with E-state index in [1.165, 1.54) is 4.90 Å². The Morgan fingerprint density at radius 2 is 2.10 bits per heavy atom. The van der Waals surface area contributed by atoms with Gasteiger partial charge in [-0.1, -0.05) is 0 Å². The smallest absolute Gasteiger partial charge is 0.242 e. The summed E-state index contributed by atoms with van der Waals surface area (Å²) >= 11 is 0. The van der Waals surface area contributed by atoms with Crippen LogP contribution in [0.15, 0.2) is 0 Å². The summed E-state index contributed by atoms with van der Waals surface area (Å²) < 4.78 is 0. The first kappa shape index (κ1) is 7.07. The van der Waals surface area contributed by atoms with Crippen LogP contribution in [0, 0.1) is 16.7 Å². The lowest BCUT2D eigenvalue weighted by atomic mass is 10.1. The van der Waals surface area contributed by atoms with Crippen LogP contribution in [0.4, 0.5) is 0 Å². The zero-order valence-corrected chi connectivity index (χ0v) is 6.22. The molecule has 0 N–H and O–H groups in total. The molecule has 10 heavy (non-hydrogen) atoms. The van der Waals surface area contributed by atoms with Gasteiger partial charge in [0.25, 0.3) is 0 Å². The quantitative estimate of drug-likeness (QED) is 0.525. The Balaban J connectivity index is 2.68. The number of amides is 1. The van der Waals surface area contributed by atoms with Crippen molar-refractivity contribution in [1.29, 1.82) is 5.26 Å². The van der Waals surface area contributed by atoms with Gasteiger partial charge in [-0.2, -0.15) is 5.26 Å². The summed E-state index contributed by atoms with van der Waals surface area (Å²) in [6.07, 6.45) is 1.47. The molecular formula is C7H10N2O. The zero-order chi connectivity index (χ0) is 7.78. The first-order chi connectivity index (χ1) is 4.62. The third-order valence-corrected chi connectivity index (χ3v) is 1.78. The fraction of sp³-hybridized carbons (Fsp3) is 0.714. The van der Waals surface area contributed by atoms with Crippen LogP contribution in [0.2, 0.25) is 0 Å². The van der Waals surface area contributed by atoms with Crippen LogP contribution < -0.4 is 0 Å². The molecule has 0 aliphatic heterocycles. The predicted molar refractivity (Wildman–Crippen MR) is 36.0 cm³/mol. The van der Waals surface area contributed by atoms with Gasteiger partial charge < -0.3 is 4.90 Å². The van der Waals surface area contributed by atoms with Gasteiger partial charge in [0.05, 0.1) is 6.07 Å². The van der Waals surface area contributed by atoms with Crippen molar-refractivity contribution in [3.8, 4) is 6.07 Å². The summed E-state index contributed by atoms with van der Waals surface area (Å²) in [5.41, 5.74) is -0.635. The molecule has 0 aromatic carbocycles. The Morgan fingerprint density at radius 1 is 1.60 bits per heavy atom. The average molecular weight is 138 g/mol. The molecule has 1 fully saturated rings. The van der Waals surface area contributed by atoms with Crippen molar-refractivity contribution in [2.24, 2.45) is 5.41 Å². The van der Waals surface area contributed by atoms with E-state index in [4.69, 9.17) is 5.26 Å². The molecular weight excluding hydrogens is 128 g/mol. The summed E-state index contributed by atoms with van der Waals surface area (Å²) in [6, 6.07) is 2.04. The van der Waals surface area contributed by atoms with E-state index in [1.54, 1.807) is 14.1 Å². The van der Waals surface area contributed by atoms with Gasteiger partial charge in [0, 0.05) is 14.1 Å². The summed E-state index contributed by atoms with van der Waals surface area (Å²) in [6.45, 7) is 0. The lowest BCUT2D eigenvalue weighted by Crippen LogP contribution is -2.29. The van der Waals surface area contributed by atoms with E-state index in [-0.39, 0.29) is 5.91 Å². The summed E-state index contributed by atoms with van der Waals surface area (Å²) in [7, 11) is 3.36. The van der Waals surface area contributed by atoms with Gasteiger partial charge in [0.2, 0.25) is 5.91 Å². The minimum Gasteiger partial charge on any atom is -0.347 e. The minimum absolute atomic E-state index is 0.0463. The highest BCUT2D eigenvalue weighted by atomic mass is 16.2. The van der Waals surface area contributed by atoms with Crippen molar-refractivity contribution in [2.45, 2.75) is 12.8 Å². The van der Waals surface area contributed by atoms with E-state index in [0.29, 0.717) is 0 Å². The Labute approximate surface area is 60.2 Å². The Morgan fingerprint density at radius 3 is 2.20 bits per heavy atom. The van der Waals surface area contributed by atoms with Crippen LogP contribution in [-0.2, 0) is 4.79 Å². The van der Waals surface area contributed by atoms with Crippen LogP contribution in [-0.4, -0.2) is 24.9 Å². The molecule has 3 nitrogen and oxygen atoms in total. The van der Waals surface area contributed by atoms with Crippen molar-refractivity contribution in [2.75, 3.05) is 14.1 Å². The van der Waals surface area contributed by atoms with Gasteiger partial charge in [-0.15, -0.1) is 0 Å². The third kappa shape index (κ3) is 0.860. The monoisotopic (exact) mass is 138 g/mol. The first-order valence-corrected chi connectivity index (χ1v) is 3.25. The number of carbonyl (C=O) groups is 1. The fourth-order valence-corrected chi connectivity index (χ4v) is 0.927. The molecule has 0 saturated heterocycles. The number of hydrogen-bond acceptors (Lipinski definition) is 2. The second-order valence-electron chi connectivity index (χ2n) is 2.89. The van der Waals surface area contributed by atoms with Gasteiger partial charge >= 0.3 is 0 Å². The molecule has 1 rings (SSSR count). The maximum Gasteiger partial charge on any atom is 0.242 e. The fourth-order valence-electron chi connectivity index (χ4n) is 0.927. The molecule has 1 amide bonds. The molecule has 0 heterocycles. The molecule has 0 atom stereocenters. The highest BCUT2D eigenvalue weighted by molar-refractivity contribution is 5.87. The van der Waals surface area contributed by atoms with Gasteiger partial charge in [-0.05, 0) is 12.8 Å². The van der Waals surface area contributed by atoms with Crippen molar-refractivity contribution in [3.63, 3.8) is 0 Å². The van der Waals surface area contributed by atoms with E-state index >= 15 is 0 Å². The lowest BCUT2D eigenvalue weighted by Gasteiger charge is -2.12. The minimum atomic E-state index is -0.635. The second kappa shape index (κ2) is 1.98. The van der Waals surface area contributed by atoms with E-state index in [9.17, 15) is 4.79 Å². The molecule has 1 aliphatic carbocycles. The lowest BCUT2D eigenvalue weighted by molar-refractivity contribution is -0.132. The molecule has 1 aliphatic rings. The van der Waals surface area contributed by atoms with Crippen LogP contribution in [0.25, 0.3) is 0 Å². The Bertz CT molecular complexity index is 198. The molecule has 1 saturated carbocycles. The van der Waals surface area contributed by atoms with Crippen molar-refractivity contribution in [1.82, 2.24) is 4.90 Å². The van der Waals surface area contributed by atoms with Crippen molar-refractivity contribution >= 4 is 5.91 Å². The highest BCUT2D eigenvalue weighted by Crippen LogP contribution is 2.45. The van der Waals surface area contributed by atoms with Gasteiger partial charge in [-0.25, -0.2) is 0 Å². The van der Waals surface area contributed by atoms with E-state index in [2.05, 4.69) is 0 Å². The molecule has 3 heteroatoms. The Hall–Kier alpha value is -1.04. The van der Waals surface area contributed by atoms with Crippen LogP contribution in [0.1, 0.15) is 12.8 Å². The molecule has 54 valence electrons. The Kier molecular flexibility index (Phi) is 1.40. The predicted octanol–water partition coefficient (Wildman–Crippen LogP) is 0.378. The van der Waals surface area contributed by atoms with Crippen molar-refractivity contribution < 1.29 is 4.79 Å². The van der Waals surface area contributed by atoms with Gasteiger partial charge in [0.1, 0.15) is 5.41 Å². The molecule has 0 aromatic rings. The highest BCUT2D eigenvalue weighted by Gasteiger charge is 2.51. The van der Waals surface area contributed by atoms with Crippen LogP contribution in [0.3, 0.4) is 0 Å². The van der Waals surface area contributed by atoms with E-state index in [1.807, 2.05) is 6.07 Å². The molecule has 0 radical (unpaired) electrons. The number of hydrogen-bond donors (Lipinski definition) is 0. The number of nitrogens with zero attached hydrogens (tertiary/aromatic N) is 2. The largest absolute Gasteiger partial charge is 0.347 e. The molecule has 0 bridgehead atoms. The van der Waals surface area contributed by atoms with Crippen LogP contribution >= 0.6 is 0 Å². The topological polar surface area (TPSA) is 44.1 Å². The maximum atomic E-state index is 11.2. The SMILES string of the molecule is CN(C)C(=O)C1(C#N)CC1. The zero-order valence-electron chi connectivity index (χ0n) is 6.22. The van der Waals surface area contributed by atoms with Gasteiger partial charge in [-0.3, -0.25) is 4.79 Å². The molecule has 0 aromatic heterocycles. The number of nitriles is 1. The average Bonchev–Trinajstić information content (AvgIpc) is 2.66. The standard InChI is InChI=1S/C7H10N2O/c1-9(2)6(10)7(5-8)3-4-7/h3-4H2,1-2H3. The summed E-state index contributed by atoms with van der Waals surface area (Å²) in [5, 5.41) is 8.58. The van der Waals surface area contributed by atoms with Crippen molar-refractivity contribution in [3.05, 3.63) is 0 Å². The molecule has 0 spiro atoms.